The lowest BCUT2D eigenvalue weighted by Gasteiger charge is -2.08. The molecule has 2 aromatic heterocycles. The van der Waals surface area contributed by atoms with Gasteiger partial charge in [0.25, 0.3) is 0 Å². The Morgan fingerprint density at radius 2 is 2.26 bits per heavy atom. The highest BCUT2D eigenvalue weighted by molar-refractivity contribution is 7.14. The molecule has 7 nitrogen and oxygen atoms in total. The Morgan fingerprint density at radius 1 is 1.52 bits per heavy atom. The van der Waals surface area contributed by atoms with E-state index >= 15 is 0 Å². The fourth-order valence-electron chi connectivity index (χ4n) is 1.87. The minimum absolute atomic E-state index is 0. The number of ether oxygens (including phenoxy) is 1. The smallest absolute Gasteiger partial charge is 0.354 e. The van der Waals surface area contributed by atoms with Crippen molar-refractivity contribution < 1.29 is 14.3 Å². The van der Waals surface area contributed by atoms with E-state index < -0.39 is 12.0 Å². The molecular formula is C14H19ClN4O3S. The number of aromatic amines is 1. The summed E-state index contributed by atoms with van der Waals surface area (Å²) in [5.74, 6) is -0.687. The number of rotatable bonds is 6. The zero-order valence-corrected chi connectivity index (χ0v) is 14.4. The molecule has 1 unspecified atom stereocenters. The van der Waals surface area contributed by atoms with Gasteiger partial charge in [0.15, 0.2) is 5.13 Å². The number of carbonyl (C=O) groups excluding carboxylic acids is 2. The summed E-state index contributed by atoms with van der Waals surface area (Å²) in [6, 6.07) is 1.12. The first kappa shape index (κ1) is 19.1. The van der Waals surface area contributed by atoms with Gasteiger partial charge in [-0.15, -0.1) is 23.7 Å². The number of anilines is 1. The Morgan fingerprint density at radius 3 is 2.91 bits per heavy atom. The molecule has 0 fully saturated rings. The number of aromatic nitrogens is 2. The molecule has 23 heavy (non-hydrogen) atoms. The van der Waals surface area contributed by atoms with Gasteiger partial charge >= 0.3 is 5.97 Å². The van der Waals surface area contributed by atoms with Gasteiger partial charge in [0.2, 0.25) is 5.91 Å². The largest absolute Gasteiger partial charge is 0.464 e. The first-order chi connectivity index (χ1) is 10.5. The van der Waals surface area contributed by atoms with Crippen molar-refractivity contribution in [2.75, 3.05) is 12.4 Å². The van der Waals surface area contributed by atoms with Gasteiger partial charge < -0.3 is 20.8 Å². The average Bonchev–Trinajstić information content (AvgIpc) is 3.15. The minimum Gasteiger partial charge on any atom is -0.464 e. The molecule has 0 spiro atoms. The Balaban J connectivity index is 0.00000264. The first-order valence-corrected chi connectivity index (χ1v) is 7.72. The summed E-state index contributed by atoms with van der Waals surface area (Å²) < 4.78 is 4.63. The van der Waals surface area contributed by atoms with E-state index in [9.17, 15) is 9.59 Å². The van der Waals surface area contributed by atoms with Gasteiger partial charge in [-0.3, -0.25) is 4.79 Å². The maximum atomic E-state index is 11.8. The van der Waals surface area contributed by atoms with E-state index in [0.717, 1.165) is 12.0 Å². The number of esters is 1. The fourth-order valence-corrected chi connectivity index (χ4v) is 2.60. The van der Waals surface area contributed by atoms with Crippen LogP contribution in [0.2, 0.25) is 0 Å². The monoisotopic (exact) mass is 358 g/mol. The Bertz CT molecular complexity index is 671. The fraction of sp³-hybridized carbons (Fsp3) is 0.357. The highest BCUT2D eigenvalue weighted by Gasteiger charge is 2.15. The number of nitrogens with one attached hydrogen (secondary N) is 2. The van der Waals surface area contributed by atoms with Crippen LogP contribution in [0.4, 0.5) is 5.13 Å². The van der Waals surface area contributed by atoms with E-state index in [4.69, 9.17) is 5.73 Å². The van der Waals surface area contributed by atoms with E-state index in [0.29, 0.717) is 22.9 Å². The van der Waals surface area contributed by atoms with E-state index in [1.807, 2.05) is 6.92 Å². The maximum absolute atomic E-state index is 11.8. The second kappa shape index (κ2) is 8.66. The lowest BCUT2D eigenvalue weighted by Crippen LogP contribution is -2.35. The number of nitrogens with zero attached hydrogens (tertiary/aromatic N) is 1. The molecule has 0 aliphatic heterocycles. The van der Waals surface area contributed by atoms with Crippen molar-refractivity contribution in [2.45, 2.75) is 25.8 Å². The van der Waals surface area contributed by atoms with Gasteiger partial charge in [-0.1, -0.05) is 13.3 Å². The van der Waals surface area contributed by atoms with Crippen molar-refractivity contribution in [3.63, 3.8) is 0 Å². The topological polar surface area (TPSA) is 110 Å². The molecule has 0 bridgehead atoms. The third-order valence-electron chi connectivity index (χ3n) is 3.05. The molecule has 0 radical (unpaired) electrons. The van der Waals surface area contributed by atoms with Crippen LogP contribution in [0.25, 0.3) is 11.3 Å². The Hall–Kier alpha value is -1.90. The molecule has 2 heterocycles. The van der Waals surface area contributed by atoms with Crippen LogP contribution in [0.1, 0.15) is 30.3 Å². The lowest BCUT2D eigenvalue weighted by atomic mass is 10.2. The van der Waals surface area contributed by atoms with Gasteiger partial charge in [0.05, 0.1) is 18.8 Å². The molecule has 9 heteroatoms. The average molecular weight is 359 g/mol. The predicted molar refractivity (Wildman–Crippen MR) is 92.0 cm³/mol. The number of thiazole rings is 1. The minimum atomic E-state index is -0.532. The summed E-state index contributed by atoms with van der Waals surface area (Å²) in [5, 5.41) is 4.97. The second-order valence-electron chi connectivity index (χ2n) is 4.72. The number of H-pyrrole nitrogens is 1. The van der Waals surface area contributed by atoms with Crippen LogP contribution in [0.3, 0.4) is 0 Å². The summed E-state index contributed by atoms with van der Waals surface area (Å²) in [7, 11) is 1.32. The normalized spacial score (nSPS) is 11.4. The van der Waals surface area contributed by atoms with Crippen LogP contribution in [-0.4, -0.2) is 35.0 Å². The van der Waals surface area contributed by atoms with Crippen molar-refractivity contribution in [3.05, 3.63) is 23.3 Å². The van der Waals surface area contributed by atoms with Crippen LogP contribution < -0.4 is 11.1 Å². The molecule has 0 saturated heterocycles. The third-order valence-corrected chi connectivity index (χ3v) is 3.81. The Labute approximate surface area is 144 Å². The predicted octanol–water partition coefficient (Wildman–Crippen LogP) is 2.41. The summed E-state index contributed by atoms with van der Waals surface area (Å²) in [6.45, 7) is 1.97. The zero-order valence-electron chi connectivity index (χ0n) is 12.8. The lowest BCUT2D eigenvalue weighted by molar-refractivity contribution is -0.117. The molecule has 2 rings (SSSR count). The van der Waals surface area contributed by atoms with Gasteiger partial charge in [0.1, 0.15) is 5.69 Å². The van der Waals surface area contributed by atoms with Crippen molar-refractivity contribution >= 4 is 40.8 Å². The molecule has 0 saturated carbocycles. The van der Waals surface area contributed by atoms with E-state index in [2.05, 4.69) is 20.0 Å². The first-order valence-electron chi connectivity index (χ1n) is 6.84. The second-order valence-corrected chi connectivity index (χ2v) is 5.57. The van der Waals surface area contributed by atoms with Crippen molar-refractivity contribution in [3.8, 4) is 11.3 Å². The van der Waals surface area contributed by atoms with Crippen LogP contribution in [0.15, 0.2) is 17.6 Å². The summed E-state index contributed by atoms with van der Waals surface area (Å²) in [5.41, 5.74) is 7.51. The zero-order chi connectivity index (χ0) is 16.1. The van der Waals surface area contributed by atoms with Crippen LogP contribution >= 0.6 is 23.7 Å². The number of methoxy groups -OCH3 is 1. The van der Waals surface area contributed by atoms with E-state index in [1.165, 1.54) is 18.4 Å². The number of nitrogens with two attached hydrogens (primary N) is 1. The van der Waals surface area contributed by atoms with Crippen LogP contribution in [-0.2, 0) is 9.53 Å². The van der Waals surface area contributed by atoms with E-state index in [1.54, 1.807) is 17.6 Å². The molecule has 0 aliphatic rings. The quantitative estimate of drug-likeness (QED) is 0.687. The standard InChI is InChI=1S/C14H18N4O3S.ClH/c1-3-4-9(15)12(19)18-14-17-11(7-22-14)8-5-10(16-6-8)13(20)21-2;/h5-7,9,16H,3-4,15H2,1-2H3,(H,17,18,19);1H. The number of amides is 1. The molecule has 4 N–H and O–H groups in total. The van der Waals surface area contributed by atoms with Crippen molar-refractivity contribution in [2.24, 2.45) is 5.73 Å². The maximum Gasteiger partial charge on any atom is 0.354 e. The summed E-state index contributed by atoms with van der Waals surface area (Å²) in [4.78, 5) is 30.4. The van der Waals surface area contributed by atoms with Gasteiger partial charge in [-0.25, -0.2) is 9.78 Å². The highest BCUT2D eigenvalue weighted by atomic mass is 35.5. The molecule has 1 atom stereocenters. The number of hydrogen-bond donors (Lipinski definition) is 3. The van der Waals surface area contributed by atoms with Crippen LogP contribution in [0, 0.1) is 0 Å². The van der Waals surface area contributed by atoms with E-state index in [-0.39, 0.29) is 18.3 Å². The number of carbonyl (C=O) groups is 2. The van der Waals surface area contributed by atoms with Gasteiger partial charge in [-0.2, -0.15) is 0 Å². The Kier molecular flexibility index (Phi) is 7.21. The van der Waals surface area contributed by atoms with Gasteiger partial charge in [-0.05, 0) is 12.5 Å². The molecule has 126 valence electrons. The highest BCUT2D eigenvalue weighted by Crippen LogP contribution is 2.25. The van der Waals surface area contributed by atoms with Crippen molar-refractivity contribution in [1.29, 1.82) is 0 Å². The number of halogens is 1. The molecule has 0 aliphatic carbocycles. The van der Waals surface area contributed by atoms with Crippen LogP contribution in [0.5, 0.6) is 0 Å². The summed E-state index contributed by atoms with van der Waals surface area (Å²) >= 11 is 1.30. The van der Waals surface area contributed by atoms with Crippen molar-refractivity contribution in [1.82, 2.24) is 9.97 Å². The summed E-state index contributed by atoms with van der Waals surface area (Å²) in [6.07, 6.45) is 3.14. The molecule has 0 aromatic carbocycles. The molecule has 1 amide bonds. The number of hydrogen-bond acceptors (Lipinski definition) is 6. The molecule has 2 aromatic rings. The molecular weight excluding hydrogens is 340 g/mol. The SMILES string of the molecule is CCCC(N)C(=O)Nc1nc(-c2c[nH]c(C(=O)OC)c2)cs1.Cl. The third kappa shape index (κ3) is 4.78. The van der Waals surface area contributed by atoms with Gasteiger partial charge in [0, 0.05) is 17.1 Å².